The number of fused-ring (bicyclic) bond motifs is 1. The standard InChI is InChI=1S/C14H19ClN4O/c1-8-7-19(4-3-18(8)2)12-6-11-9(5-10(12)15)13(16)14(20)17-11/h5-6,8,13H,3-4,7,16H2,1-2H3,(H,17,20). The van der Waals surface area contributed by atoms with E-state index in [-0.39, 0.29) is 5.91 Å². The third-order valence-corrected chi connectivity index (χ3v) is 4.60. The number of anilines is 2. The van der Waals surface area contributed by atoms with E-state index in [1.165, 1.54) is 0 Å². The van der Waals surface area contributed by atoms with Gasteiger partial charge in [0.05, 0.1) is 10.7 Å². The van der Waals surface area contributed by atoms with Gasteiger partial charge in [0.2, 0.25) is 5.91 Å². The predicted molar refractivity (Wildman–Crippen MR) is 81.3 cm³/mol. The smallest absolute Gasteiger partial charge is 0.245 e. The Morgan fingerprint density at radius 3 is 2.85 bits per heavy atom. The Kier molecular flexibility index (Phi) is 3.36. The SMILES string of the molecule is CC1CN(c2cc3c(cc2Cl)C(N)C(=O)N3)CCN1C. The van der Waals surface area contributed by atoms with E-state index in [2.05, 4.69) is 29.1 Å². The van der Waals surface area contributed by atoms with Crippen molar-refractivity contribution in [2.45, 2.75) is 19.0 Å². The van der Waals surface area contributed by atoms with Gasteiger partial charge in [0.1, 0.15) is 6.04 Å². The van der Waals surface area contributed by atoms with Crippen molar-refractivity contribution in [3.8, 4) is 0 Å². The average Bonchev–Trinajstić information content (AvgIpc) is 2.68. The topological polar surface area (TPSA) is 61.6 Å². The Hall–Kier alpha value is -1.30. The molecular formula is C14H19ClN4O. The Balaban J connectivity index is 1.92. The van der Waals surface area contributed by atoms with Gasteiger partial charge in [-0.1, -0.05) is 11.6 Å². The number of likely N-dealkylation sites (N-methyl/N-ethyl adjacent to an activating group) is 1. The van der Waals surface area contributed by atoms with Crippen molar-refractivity contribution in [1.29, 1.82) is 0 Å². The number of nitrogens with one attached hydrogen (secondary N) is 1. The molecule has 0 aliphatic carbocycles. The molecule has 1 aromatic carbocycles. The van der Waals surface area contributed by atoms with Gasteiger partial charge in [-0.15, -0.1) is 0 Å². The molecule has 1 saturated heterocycles. The van der Waals surface area contributed by atoms with E-state index in [9.17, 15) is 4.79 Å². The number of piperazine rings is 1. The normalized spacial score (nSPS) is 26.6. The Morgan fingerprint density at radius 1 is 1.40 bits per heavy atom. The Labute approximate surface area is 123 Å². The van der Waals surface area contributed by atoms with Gasteiger partial charge < -0.3 is 20.9 Å². The maximum absolute atomic E-state index is 11.6. The summed E-state index contributed by atoms with van der Waals surface area (Å²) in [5.41, 5.74) is 8.38. The fourth-order valence-electron chi connectivity index (χ4n) is 2.80. The van der Waals surface area contributed by atoms with E-state index >= 15 is 0 Å². The highest BCUT2D eigenvalue weighted by Gasteiger charge is 2.30. The maximum Gasteiger partial charge on any atom is 0.245 e. The highest BCUT2D eigenvalue weighted by Crippen LogP contribution is 2.38. The van der Waals surface area contributed by atoms with E-state index in [0.29, 0.717) is 11.1 Å². The third-order valence-electron chi connectivity index (χ3n) is 4.29. The number of nitrogens with two attached hydrogens (primary N) is 1. The van der Waals surface area contributed by atoms with Crippen LogP contribution in [-0.4, -0.2) is 43.5 Å². The van der Waals surface area contributed by atoms with E-state index in [1.807, 2.05) is 12.1 Å². The molecule has 0 saturated carbocycles. The molecule has 0 bridgehead atoms. The van der Waals surface area contributed by atoms with Crippen LogP contribution in [0.3, 0.4) is 0 Å². The summed E-state index contributed by atoms with van der Waals surface area (Å²) in [6, 6.07) is 3.63. The second-order valence-corrected chi connectivity index (χ2v) is 6.04. The summed E-state index contributed by atoms with van der Waals surface area (Å²) in [7, 11) is 2.13. The van der Waals surface area contributed by atoms with Crippen LogP contribution in [0.1, 0.15) is 18.5 Å². The number of rotatable bonds is 1. The van der Waals surface area contributed by atoms with Crippen LogP contribution in [-0.2, 0) is 4.79 Å². The first-order chi connectivity index (χ1) is 9.47. The van der Waals surface area contributed by atoms with Crippen molar-refractivity contribution < 1.29 is 4.79 Å². The summed E-state index contributed by atoms with van der Waals surface area (Å²) < 4.78 is 0. The molecule has 0 spiro atoms. The van der Waals surface area contributed by atoms with Crippen molar-refractivity contribution in [3.05, 3.63) is 22.7 Å². The molecule has 2 aliphatic rings. The zero-order chi connectivity index (χ0) is 14.4. The quantitative estimate of drug-likeness (QED) is 0.823. The second kappa shape index (κ2) is 4.91. The van der Waals surface area contributed by atoms with Crippen LogP contribution >= 0.6 is 11.6 Å². The van der Waals surface area contributed by atoms with Crippen molar-refractivity contribution in [2.75, 3.05) is 36.9 Å². The molecule has 2 unspecified atom stereocenters. The summed E-state index contributed by atoms with van der Waals surface area (Å²) in [5.74, 6) is -0.167. The predicted octanol–water partition coefficient (Wildman–Crippen LogP) is 1.43. The maximum atomic E-state index is 11.6. The number of hydrogen-bond acceptors (Lipinski definition) is 4. The van der Waals surface area contributed by atoms with Crippen LogP contribution in [0.2, 0.25) is 5.02 Å². The molecule has 1 amide bonds. The van der Waals surface area contributed by atoms with Gasteiger partial charge in [-0.3, -0.25) is 4.79 Å². The van der Waals surface area contributed by atoms with Gasteiger partial charge >= 0.3 is 0 Å². The van der Waals surface area contributed by atoms with Crippen LogP contribution in [0.5, 0.6) is 0 Å². The molecular weight excluding hydrogens is 276 g/mol. The van der Waals surface area contributed by atoms with Gasteiger partial charge in [0.25, 0.3) is 0 Å². The summed E-state index contributed by atoms with van der Waals surface area (Å²) >= 11 is 6.39. The molecule has 3 rings (SSSR count). The number of carbonyl (C=O) groups excluding carboxylic acids is 1. The van der Waals surface area contributed by atoms with Crippen LogP contribution in [0.25, 0.3) is 0 Å². The lowest BCUT2D eigenvalue weighted by Crippen LogP contribution is -2.50. The molecule has 2 aliphatic heterocycles. The number of hydrogen-bond donors (Lipinski definition) is 2. The van der Waals surface area contributed by atoms with Crippen molar-refractivity contribution in [3.63, 3.8) is 0 Å². The van der Waals surface area contributed by atoms with E-state index < -0.39 is 6.04 Å². The van der Waals surface area contributed by atoms with Gasteiger partial charge in [-0.25, -0.2) is 0 Å². The summed E-state index contributed by atoms with van der Waals surface area (Å²) in [5, 5.41) is 3.47. The fraction of sp³-hybridized carbons (Fsp3) is 0.500. The summed E-state index contributed by atoms with van der Waals surface area (Å²) in [6.07, 6.45) is 0. The summed E-state index contributed by atoms with van der Waals surface area (Å²) in [6.45, 7) is 5.06. The third kappa shape index (κ3) is 2.16. The molecule has 0 radical (unpaired) electrons. The molecule has 0 aromatic heterocycles. The molecule has 20 heavy (non-hydrogen) atoms. The van der Waals surface area contributed by atoms with Crippen LogP contribution < -0.4 is 16.0 Å². The molecule has 1 fully saturated rings. The first kappa shape index (κ1) is 13.7. The second-order valence-electron chi connectivity index (χ2n) is 5.63. The van der Waals surface area contributed by atoms with Crippen molar-refractivity contribution in [2.24, 2.45) is 5.73 Å². The van der Waals surface area contributed by atoms with Gasteiger partial charge in [0.15, 0.2) is 0 Å². The monoisotopic (exact) mass is 294 g/mol. The minimum absolute atomic E-state index is 0.167. The van der Waals surface area contributed by atoms with Crippen LogP contribution in [0.15, 0.2) is 12.1 Å². The highest BCUT2D eigenvalue weighted by molar-refractivity contribution is 6.33. The number of amides is 1. The fourth-order valence-corrected chi connectivity index (χ4v) is 3.10. The van der Waals surface area contributed by atoms with E-state index in [1.54, 1.807) is 0 Å². The van der Waals surface area contributed by atoms with E-state index in [0.717, 1.165) is 36.6 Å². The minimum atomic E-state index is -0.608. The molecule has 6 heteroatoms. The lowest BCUT2D eigenvalue weighted by Gasteiger charge is -2.39. The molecule has 1 aromatic rings. The minimum Gasteiger partial charge on any atom is -0.367 e. The van der Waals surface area contributed by atoms with Crippen molar-refractivity contribution in [1.82, 2.24) is 4.90 Å². The Morgan fingerprint density at radius 2 is 2.15 bits per heavy atom. The van der Waals surface area contributed by atoms with Crippen LogP contribution in [0, 0.1) is 0 Å². The Bertz CT molecular complexity index is 562. The number of benzene rings is 1. The average molecular weight is 295 g/mol. The zero-order valence-corrected chi connectivity index (χ0v) is 12.4. The number of halogens is 1. The van der Waals surface area contributed by atoms with Crippen molar-refractivity contribution >= 4 is 28.9 Å². The first-order valence-corrected chi connectivity index (χ1v) is 7.20. The lowest BCUT2D eigenvalue weighted by molar-refractivity contribution is -0.116. The van der Waals surface area contributed by atoms with Gasteiger partial charge in [-0.05, 0) is 26.1 Å². The zero-order valence-electron chi connectivity index (χ0n) is 11.7. The molecule has 2 atom stereocenters. The highest BCUT2D eigenvalue weighted by atomic mass is 35.5. The molecule has 108 valence electrons. The number of nitrogens with zero attached hydrogens (tertiary/aromatic N) is 2. The van der Waals surface area contributed by atoms with Crippen LogP contribution in [0.4, 0.5) is 11.4 Å². The molecule has 5 nitrogen and oxygen atoms in total. The van der Waals surface area contributed by atoms with Gasteiger partial charge in [0, 0.05) is 36.9 Å². The van der Waals surface area contributed by atoms with E-state index in [4.69, 9.17) is 17.3 Å². The first-order valence-electron chi connectivity index (χ1n) is 6.82. The number of carbonyl (C=O) groups is 1. The molecule has 3 N–H and O–H groups in total. The lowest BCUT2D eigenvalue weighted by atomic mass is 10.1. The largest absolute Gasteiger partial charge is 0.367 e. The summed E-state index contributed by atoms with van der Waals surface area (Å²) in [4.78, 5) is 16.2. The van der Waals surface area contributed by atoms with Gasteiger partial charge in [-0.2, -0.15) is 0 Å². The molecule has 2 heterocycles.